The molecule has 4 rings (SSSR count). The summed E-state index contributed by atoms with van der Waals surface area (Å²) in [6.45, 7) is 1.02. The first-order valence-electron chi connectivity index (χ1n) is 7.40. The van der Waals surface area contributed by atoms with Crippen LogP contribution in [0.5, 0.6) is 5.75 Å². The molecule has 0 saturated carbocycles. The van der Waals surface area contributed by atoms with Gasteiger partial charge in [0.05, 0.1) is 17.9 Å². The number of anilines is 2. The minimum Gasteiger partial charge on any atom is -0.494 e. The number of halogens is 1. The van der Waals surface area contributed by atoms with Crippen molar-refractivity contribution in [1.29, 1.82) is 0 Å². The molecule has 1 saturated heterocycles. The molecule has 2 aromatic carbocycles. The third kappa shape index (κ3) is 2.71. The van der Waals surface area contributed by atoms with Crippen LogP contribution in [0, 0.1) is 0 Å². The number of aromatic nitrogens is 1. The SMILES string of the molecule is COc1cc(N2CC2Cc2ccccc2Cl)cc2sc(N)nc12. The second-order valence-electron chi connectivity index (χ2n) is 5.65. The van der Waals surface area contributed by atoms with Gasteiger partial charge in [0, 0.05) is 23.3 Å². The van der Waals surface area contributed by atoms with Gasteiger partial charge >= 0.3 is 0 Å². The molecule has 0 amide bonds. The van der Waals surface area contributed by atoms with Crippen LogP contribution in [0.2, 0.25) is 5.02 Å². The van der Waals surface area contributed by atoms with Crippen LogP contribution in [-0.2, 0) is 6.42 Å². The van der Waals surface area contributed by atoms with Gasteiger partial charge in [0.1, 0.15) is 11.3 Å². The largest absolute Gasteiger partial charge is 0.494 e. The van der Waals surface area contributed by atoms with Crippen molar-refractivity contribution < 1.29 is 4.74 Å². The van der Waals surface area contributed by atoms with E-state index < -0.39 is 0 Å². The molecule has 23 heavy (non-hydrogen) atoms. The predicted molar refractivity (Wildman–Crippen MR) is 96.9 cm³/mol. The summed E-state index contributed by atoms with van der Waals surface area (Å²) in [5.41, 5.74) is 9.00. The summed E-state index contributed by atoms with van der Waals surface area (Å²) >= 11 is 7.75. The van der Waals surface area contributed by atoms with Crippen molar-refractivity contribution in [2.75, 3.05) is 24.3 Å². The highest BCUT2D eigenvalue weighted by Gasteiger charge is 2.35. The van der Waals surface area contributed by atoms with E-state index in [1.54, 1.807) is 7.11 Å². The lowest BCUT2D eigenvalue weighted by Crippen LogP contribution is -2.03. The lowest BCUT2D eigenvalue weighted by molar-refractivity contribution is 0.419. The summed E-state index contributed by atoms with van der Waals surface area (Å²) in [5, 5.41) is 1.40. The smallest absolute Gasteiger partial charge is 0.181 e. The van der Waals surface area contributed by atoms with E-state index in [9.17, 15) is 0 Å². The van der Waals surface area contributed by atoms with Crippen molar-refractivity contribution in [3.63, 3.8) is 0 Å². The number of benzene rings is 2. The Kier molecular flexibility index (Phi) is 3.54. The summed E-state index contributed by atoms with van der Waals surface area (Å²) in [7, 11) is 1.66. The molecule has 1 aliphatic rings. The highest BCUT2D eigenvalue weighted by Crippen LogP contribution is 2.39. The Hall–Kier alpha value is -1.98. The Morgan fingerprint density at radius 1 is 1.39 bits per heavy atom. The van der Waals surface area contributed by atoms with Crippen LogP contribution >= 0.6 is 22.9 Å². The molecule has 0 spiro atoms. The molecular formula is C17H16ClN3OS. The lowest BCUT2D eigenvalue weighted by Gasteiger charge is -2.09. The minimum absolute atomic E-state index is 0.474. The van der Waals surface area contributed by atoms with Gasteiger partial charge in [0.2, 0.25) is 0 Å². The van der Waals surface area contributed by atoms with Crippen LogP contribution in [0.3, 0.4) is 0 Å². The number of ether oxygens (including phenoxy) is 1. The Morgan fingerprint density at radius 3 is 3.00 bits per heavy atom. The molecule has 4 nitrogen and oxygen atoms in total. The van der Waals surface area contributed by atoms with E-state index in [0.29, 0.717) is 11.2 Å². The third-order valence-electron chi connectivity index (χ3n) is 4.14. The number of rotatable bonds is 4. The molecule has 0 bridgehead atoms. The molecule has 3 aromatic rings. The zero-order valence-corrected chi connectivity index (χ0v) is 14.2. The van der Waals surface area contributed by atoms with Crippen molar-refractivity contribution in [2.45, 2.75) is 12.5 Å². The highest BCUT2D eigenvalue weighted by molar-refractivity contribution is 7.22. The van der Waals surface area contributed by atoms with Crippen LogP contribution in [0.15, 0.2) is 36.4 Å². The maximum atomic E-state index is 6.26. The quantitative estimate of drug-likeness (QED) is 0.727. The summed E-state index contributed by atoms with van der Waals surface area (Å²) in [6, 6.07) is 12.7. The fourth-order valence-electron chi connectivity index (χ4n) is 2.91. The van der Waals surface area contributed by atoms with Gasteiger partial charge in [-0.15, -0.1) is 0 Å². The fraction of sp³-hybridized carbons (Fsp3) is 0.235. The standard InChI is InChI=1S/C17H16ClN3OS/c1-22-14-7-11(8-15-16(14)20-17(19)23-15)21-9-12(21)6-10-4-2-3-5-13(10)18/h2-5,7-8,12H,6,9H2,1H3,(H2,19,20). The Balaban J connectivity index is 1.60. The zero-order valence-electron chi connectivity index (χ0n) is 12.6. The van der Waals surface area contributed by atoms with Gasteiger partial charge in [0.25, 0.3) is 0 Å². The molecule has 6 heteroatoms. The summed E-state index contributed by atoms with van der Waals surface area (Å²) in [4.78, 5) is 6.69. The van der Waals surface area contributed by atoms with Crippen LogP contribution < -0.4 is 15.4 Å². The number of hydrogen-bond donors (Lipinski definition) is 1. The van der Waals surface area contributed by atoms with Crippen LogP contribution in [-0.4, -0.2) is 24.7 Å². The third-order valence-corrected chi connectivity index (χ3v) is 5.34. The summed E-state index contributed by atoms with van der Waals surface area (Å²) < 4.78 is 6.53. The maximum absolute atomic E-state index is 6.26. The molecule has 0 radical (unpaired) electrons. The molecule has 1 fully saturated rings. The first kappa shape index (κ1) is 14.6. The Morgan fingerprint density at radius 2 is 2.22 bits per heavy atom. The number of methoxy groups -OCH3 is 1. The highest BCUT2D eigenvalue weighted by atomic mass is 35.5. The van der Waals surface area contributed by atoms with E-state index in [4.69, 9.17) is 22.1 Å². The van der Waals surface area contributed by atoms with E-state index in [0.717, 1.165) is 39.6 Å². The Bertz CT molecular complexity index is 879. The fourth-order valence-corrected chi connectivity index (χ4v) is 3.91. The first-order chi connectivity index (χ1) is 11.2. The normalized spacial score (nSPS) is 16.8. The Labute approximate surface area is 143 Å². The molecule has 1 unspecified atom stereocenters. The number of nitrogens with two attached hydrogens (primary N) is 1. The van der Waals surface area contributed by atoms with Crippen molar-refractivity contribution in [3.8, 4) is 5.75 Å². The van der Waals surface area contributed by atoms with Crippen molar-refractivity contribution in [3.05, 3.63) is 47.0 Å². The van der Waals surface area contributed by atoms with Gasteiger partial charge in [-0.1, -0.05) is 41.1 Å². The number of nitrogens with zero attached hydrogens (tertiary/aromatic N) is 2. The van der Waals surface area contributed by atoms with Gasteiger partial charge in [-0.3, -0.25) is 0 Å². The van der Waals surface area contributed by atoms with Crippen LogP contribution in [0.1, 0.15) is 5.56 Å². The molecule has 1 atom stereocenters. The van der Waals surface area contributed by atoms with E-state index >= 15 is 0 Å². The molecule has 118 valence electrons. The van der Waals surface area contributed by atoms with Crippen LogP contribution in [0.25, 0.3) is 10.2 Å². The second-order valence-corrected chi connectivity index (χ2v) is 7.12. The molecule has 2 N–H and O–H groups in total. The van der Waals surface area contributed by atoms with Gasteiger partial charge in [-0.25, -0.2) is 4.98 Å². The van der Waals surface area contributed by atoms with Gasteiger partial charge in [-0.2, -0.15) is 0 Å². The van der Waals surface area contributed by atoms with Crippen molar-refractivity contribution in [2.24, 2.45) is 0 Å². The number of nitrogen functional groups attached to an aromatic ring is 1. The first-order valence-corrected chi connectivity index (χ1v) is 8.59. The lowest BCUT2D eigenvalue weighted by atomic mass is 10.1. The molecular weight excluding hydrogens is 330 g/mol. The average molecular weight is 346 g/mol. The summed E-state index contributed by atoms with van der Waals surface area (Å²) in [6.07, 6.45) is 0.949. The number of fused-ring (bicyclic) bond motifs is 1. The predicted octanol–water partition coefficient (Wildman–Crippen LogP) is 3.97. The van der Waals surface area contributed by atoms with Crippen LogP contribution in [0.4, 0.5) is 10.8 Å². The zero-order chi connectivity index (χ0) is 16.0. The van der Waals surface area contributed by atoms with Crippen molar-refractivity contribution >= 4 is 44.0 Å². The van der Waals surface area contributed by atoms with E-state index in [2.05, 4.69) is 22.0 Å². The molecule has 2 heterocycles. The molecule has 0 aliphatic carbocycles. The number of hydrogen-bond acceptors (Lipinski definition) is 5. The maximum Gasteiger partial charge on any atom is 0.181 e. The molecule has 1 aliphatic heterocycles. The van der Waals surface area contributed by atoms with E-state index in [1.807, 2.05) is 24.3 Å². The van der Waals surface area contributed by atoms with Gasteiger partial charge in [-0.05, 0) is 24.1 Å². The monoisotopic (exact) mass is 345 g/mol. The van der Waals surface area contributed by atoms with Crippen molar-refractivity contribution in [1.82, 2.24) is 4.98 Å². The topological polar surface area (TPSA) is 51.1 Å². The van der Waals surface area contributed by atoms with Gasteiger partial charge in [0.15, 0.2) is 5.13 Å². The van der Waals surface area contributed by atoms with Gasteiger partial charge < -0.3 is 15.4 Å². The number of thiazole rings is 1. The summed E-state index contributed by atoms with van der Waals surface area (Å²) in [5.74, 6) is 0.772. The minimum atomic E-state index is 0.474. The van der Waals surface area contributed by atoms with E-state index in [1.165, 1.54) is 16.9 Å². The molecule has 1 aromatic heterocycles. The average Bonchev–Trinajstić information content (AvgIpc) is 3.20. The van der Waals surface area contributed by atoms with E-state index in [-0.39, 0.29) is 0 Å². The second kappa shape index (κ2) is 5.58.